The fraction of sp³-hybridized carbons (Fsp3) is 0.533. The van der Waals surface area contributed by atoms with Crippen LogP contribution in [-0.2, 0) is 16.1 Å². The lowest BCUT2D eigenvalue weighted by Gasteiger charge is -2.18. The Bertz CT molecular complexity index is 430. The molecule has 0 spiro atoms. The van der Waals surface area contributed by atoms with E-state index in [1.165, 1.54) is 0 Å². The van der Waals surface area contributed by atoms with Crippen LogP contribution in [0.15, 0.2) is 24.5 Å². The highest BCUT2D eigenvalue weighted by atomic mass is 16.2. The third kappa shape index (κ3) is 4.99. The van der Waals surface area contributed by atoms with Crippen molar-refractivity contribution in [3.63, 3.8) is 0 Å². The smallest absolute Gasteiger partial charge is 0.242 e. The average Bonchev–Trinajstić information content (AvgIpc) is 2.47. The van der Waals surface area contributed by atoms with Gasteiger partial charge in [0.1, 0.15) is 6.04 Å². The quantitative estimate of drug-likeness (QED) is 0.796. The Kier molecular flexibility index (Phi) is 6.70. The molecule has 20 heavy (non-hydrogen) atoms. The first-order valence-electron chi connectivity index (χ1n) is 7.05. The van der Waals surface area contributed by atoms with E-state index in [4.69, 9.17) is 0 Å². The maximum Gasteiger partial charge on any atom is 0.242 e. The van der Waals surface area contributed by atoms with Crippen molar-refractivity contribution in [2.45, 2.75) is 46.2 Å². The number of aromatic nitrogens is 1. The van der Waals surface area contributed by atoms with Gasteiger partial charge in [0.25, 0.3) is 0 Å². The van der Waals surface area contributed by atoms with E-state index in [-0.39, 0.29) is 17.7 Å². The number of carbonyl (C=O) groups is 2. The van der Waals surface area contributed by atoms with Gasteiger partial charge in [0.15, 0.2) is 0 Å². The van der Waals surface area contributed by atoms with Crippen molar-refractivity contribution >= 4 is 11.8 Å². The summed E-state index contributed by atoms with van der Waals surface area (Å²) in [6.07, 6.45) is 4.95. The van der Waals surface area contributed by atoms with Crippen LogP contribution in [0, 0.1) is 5.92 Å². The lowest BCUT2D eigenvalue weighted by Crippen LogP contribution is -2.46. The minimum absolute atomic E-state index is 0.0245. The van der Waals surface area contributed by atoms with Crippen LogP contribution >= 0.6 is 0 Å². The van der Waals surface area contributed by atoms with Gasteiger partial charge in [-0.25, -0.2) is 0 Å². The van der Waals surface area contributed by atoms with Crippen molar-refractivity contribution in [1.82, 2.24) is 15.6 Å². The van der Waals surface area contributed by atoms with Crippen LogP contribution in [-0.4, -0.2) is 22.8 Å². The predicted molar refractivity (Wildman–Crippen MR) is 77.8 cm³/mol. The van der Waals surface area contributed by atoms with Crippen LogP contribution in [0.3, 0.4) is 0 Å². The standard InChI is InChI=1S/C15H23N3O2/c1-4-13(5-2)15(20)18-11(3)14(19)17-10-12-7-6-8-16-9-12/h6-9,11,13H,4-5,10H2,1-3H3,(H,17,19)(H,18,20)/t11-/m0/s1. The molecule has 1 heterocycles. The summed E-state index contributed by atoms with van der Waals surface area (Å²) < 4.78 is 0. The van der Waals surface area contributed by atoms with E-state index in [0.717, 1.165) is 18.4 Å². The number of nitrogens with one attached hydrogen (secondary N) is 2. The zero-order valence-electron chi connectivity index (χ0n) is 12.3. The summed E-state index contributed by atoms with van der Waals surface area (Å²) in [7, 11) is 0. The molecule has 0 bridgehead atoms. The molecule has 110 valence electrons. The molecule has 2 amide bonds. The molecule has 0 aromatic carbocycles. The minimum Gasteiger partial charge on any atom is -0.350 e. The number of carbonyl (C=O) groups excluding carboxylic acids is 2. The fourth-order valence-corrected chi connectivity index (χ4v) is 1.90. The van der Waals surface area contributed by atoms with E-state index in [1.54, 1.807) is 19.3 Å². The van der Waals surface area contributed by atoms with Crippen molar-refractivity contribution in [3.8, 4) is 0 Å². The minimum atomic E-state index is -0.528. The molecule has 0 aliphatic carbocycles. The van der Waals surface area contributed by atoms with Crippen LogP contribution in [0.5, 0.6) is 0 Å². The first-order valence-corrected chi connectivity index (χ1v) is 7.05. The van der Waals surface area contributed by atoms with Crippen molar-refractivity contribution in [1.29, 1.82) is 0 Å². The lowest BCUT2D eigenvalue weighted by atomic mass is 10.0. The van der Waals surface area contributed by atoms with Crippen molar-refractivity contribution < 1.29 is 9.59 Å². The number of rotatable bonds is 7. The fourth-order valence-electron chi connectivity index (χ4n) is 1.90. The molecule has 1 atom stereocenters. The number of amides is 2. The Labute approximate surface area is 120 Å². The summed E-state index contributed by atoms with van der Waals surface area (Å²) in [5, 5.41) is 5.54. The van der Waals surface area contributed by atoms with E-state index in [1.807, 2.05) is 26.0 Å². The Balaban J connectivity index is 2.41. The molecular weight excluding hydrogens is 254 g/mol. The molecule has 0 aliphatic heterocycles. The summed E-state index contributed by atoms with van der Waals surface area (Å²) in [6.45, 7) is 6.05. The first kappa shape index (κ1) is 16.1. The number of nitrogens with zero attached hydrogens (tertiary/aromatic N) is 1. The normalized spacial score (nSPS) is 12.0. The summed E-state index contributed by atoms with van der Waals surface area (Å²) in [6, 6.07) is 3.18. The zero-order valence-corrected chi connectivity index (χ0v) is 12.3. The maximum absolute atomic E-state index is 11.9. The molecular formula is C15H23N3O2. The molecule has 0 saturated carbocycles. The first-order chi connectivity index (χ1) is 9.58. The molecule has 0 aliphatic rings. The van der Waals surface area contributed by atoms with Gasteiger partial charge < -0.3 is 10.6 Å². The van der Waals surface area contributed by atoms with Crippen molar-refractivity contribution in [2.24, 2.45) is 5.92 Å². The second kappa shape index (κ2) is 8.30. The number of hydrogen-bond acceptors (Lipinski definition) is 3. The highest BCUT2D eigenvalue weighted by Gasteiger charge is 2.19. The van der Waals surface area contributed by atoms with Gasteiger partial charge in [0, 0.05) is 24.9 Å². The van der Waals surface area contributed by atoms with Gasteiger partial charge >= 0.3 is 0 Å². The van der Waals surface area contributed by atoms with Crippen LogP contribution in [0.1, 0.15) is 39.2 Å². The largest absolute Gasteiger partial charge is 0.350 e. The molecule has 1 aromatic heterocycles. The second-order valence-electron chi connectivity index (χ2n) is 4.82. The van der Waals surface area contributed by atoms with Gasteiger partial charge in [-0.2, -0.15) is 0 Å². The molecule has 1 aromatic rings. The maximum atomic E-state index is 11.9. The monoisotopic (exact) mass is 277 g/mol. The molecule has 0 unspecified atom stereocenters. The second-order valence-corrected chi connectivity index (χ2v) is 4.82. The molecule has 0 fully saturated rings. The van der Waals surface area contributed by atoms with Gasteiger partial charge in [-0.3, -0.25) is 14.6 Å². The van der Waals surface area contributed by atoms with E-state index in [2.05, 4.69) is 15.6 Å². The molecule has 2 N–H and O–H groups in total. The molecule has 5 nitrogen and oxygen atoms in total. The molecule has 1 rings (SSSR count). The topological polar surface area (TPSA) is 71.1 Å². The highest BCUT2D eigenvalue weighted by molar-refractivity contribution is 5.88. The summed E-state index contributed by atoms with van der Waals surface area (Å²) >= 11 is 0. The lowest BCUT2D eigenvalue weighted by molar-refractivity contribution is -0.131. The highest BCUT2D eigenvalue weighted by Crippen LogP contribution is 2.07. The van der Waals surface area contributed by atoms with E-state index in [9.17, 15) is 9.59 Å². The van der Waals surface area contributed by atoms with Gasteiger partial charge in [0.2, 0.25) is 11.8 Å². The zero-order chi connectivity index (χ0) is 15.0. The Morgan fingerprint density at radius 3 is 2.50 bits per heavy atom. The third-order valence-corrected chi connectivity index (χ3v) is 3.30. The van der Waals surface area contributed by atoms with Crippen LogP contribution in [0.4, 0.5) is 0 Å². The predicted octanol–water partition coefficient (Wildman–Crippen LogP) is 1.64. The molecule has 0 saturated heterocycles. The third-order valence-electron chi connectivity index (χ3n) is 3.30. The molecule has 5 heteroatoms. The van der Waals surface area contributed by atoms with Crippen molar-refractivity contribution in [2.75, 3.05) is 0 Å². The Morgan fingerprint density at radius 2 is 1.95 bits per heavy atom. The van der Waals surface area contributed by atoms with Crippen molar-refractivity contribution in [3.05, 3.63) is 30.1 Å². The van der Waals surface area contributed by atoms with Crippen LogP contribution in [0.25, 0.3) is 0 Å². The summed E-state index contributed by atoms with van der Waals surface area (Å²) in [5.41, 5.74) is 0.930. The van der Waals surface area contributed by atoms with E-state index in [0.29, 0.717) is 6.54 Å². The van der Waals surface area contributed by atoms with Gasteiger partial charge in [-0.15, -0.1) is 0 Å². The van der Waals surface area contributed by atoms with Crippen LogP contribution < -0.4 is 10.6 Å². The number of pyridine rings is 1. The van der Waals surface area contributed by atoms with Gasteiger partial charge in [-0.05, 0) is 31.4 Å². The van der Waals surface area contributed by atoms with E-state index >= 15 is 0 Å². The molecule has 0 radical (unpaired) electrons. The van der Waals surface area contributed by atoms with Gasteiger partial charge in [-0.1, -0.05) is 19.9 Å². The van der Waals surface area contributed by atoms with Gasteiger partial charge in [0.05, 0.1) is 0 Å². The summed E-state index contributed by atoms with van der Waals surface area (Å²) in [5.74, 6) is -0.268. The Hall–Kier alpha value is -1.91. The number of hydrogen-bond donors (Lipinski definition) is 2. The average molecular weight is 277 g/mol. The summed E-state index contributed by atoms with van der Waals surface area (Å²) in [4.78, 5) is 27.8. The van der Waals surface area contributed by atoms with E-state index < -0.39 is 6.04 Å². The van der Waals surface area contributed by atoms with Crippen LogP contribution in [0.2, 0.25) is 0 Å². The SMILES string of the molecule is CCC(CC)C(=O)N[C@@H](C)C(=O)NCc1cccnc1. The Morgan fingerprint density at radius 1 is 1.25 bits per heavy atom.